The van der Waals surface area contributed by atoms with Crippen LogP contribution in [0.15, 0.2) is 30.6 Å². The van der Waals surface area contributed by atoms with Crippen molar-refractivity contribution < 1.29 is 4.79 Å². The monoisotopic (exact) mass is 316 g/mol. The molecule has 7 nitrogen and oxygen atoms in total. The highest BCUT2D eigenvalue weighted by Crippen LogP contribution is 2.18. The summed E-state index contributed by atoms with van der Waals surface area (Å²) in [4.78, 5) is 14.1. The van der Waals surface area contributed by atoms with Crippen LogP contribution in [0.5, 0.6) is 0 Å². The molecule has 0 bridgehead atoms. The maximum atomic E-state index is 12.0. The Labute approximate surface area is 136 Å². The minimum Gasteiger partial charge on any atom is -0.354 e. The topological polar surface area (TPSA) is 75.9 Å². The number of aryl methyl sites for hydroxylation is 2. The second kappa shape index (κ2) is 8.38. The molecule has 1 heterocycles. The van der Waals surface area contributed by atoms with E-state index in [0.717, 1.165) is 0 Å². The van der Waals surface area contributed by atoms with Gasteiger partial charge in [0.25, 0.3) is 0 Å². The van der Waals surface area contributed by atoms with Crippen LogP contribution in [0.2, 0.25) is 0 Å². The van der Waals surface area contributed by atoms with Gasteiger partial charge in [-0.2, -0.15) is 0 Å². The molecule has 0 saturated heterocycles. The summed E-state index contributed by atoms with van der Waals surface area (Å²) < 4.78 is 1.63. The normalized spacial score (nSPS) is 12.3. The van der Waals surface area contributed by atoms with Gasteiger partial charge in [-0.3, -0.25) is 4.79 Å². The highest BCUT2D eigenvalue weighted by molar-refractivity contribution is 5.75. The van der Waals surface area contributed by atoms with Gasteiger partial charge in [0.2, 0.25) is 5.91 Å². The van der Waals surface area contributed by atoms with Gasteiger partial charge < -0.3 is 10.2 Å². The van der Waals surface area contributed by atoms with Crippen molar-refractivity contribution in [3.05, 3.63) is 41.7 Å². The Morgan fingerprint density at radius 2 is 2.22 bits per heavy atom. The van der Waals surface area contributed by atoms with Gasteiger partial charge in [0.1, 0.15) is 6.33 Å². The number of carbonyl (C=O) groups is 1. The summed E-state index contributed by atoms with van der Waals surface area (Å²) in [5, 5.41) is 13.9. The fourth-order valence-corrected chi connectivity index (χ4v) is 2.46. The van der Waals surface area contributed by atoms with Gasteiger partial charge in [-0.1, -0.05) is 29.8 Å². The molecule has 0 fully saturated rings. The van der Waals surface area contributed by atoms with E-state index in [1.807, 2.05) is 14.1 Å². The summed E-state index contributed by atoms with van der Waals surface area (Å²) >= 11 is 0. The van der Waals surface area contributed by atoms with Crippen LogP contribution in [0.1, 0.15) is 30.0 Å². The lowest BCUT2D eigenvalue weighted by Crippen LogP contribution is -2.34. The molecule has 1 amide bonds. The van der Waals surface area contributed by atoms with Crippen molar-refractivity contribution in [2.75, 3.05) is 20.6 Å². The molecule has 2 aromatic rings. The molecule has 0 unspecified atom stereocenters. The first-order valence-electron chi connectivity index (χ1n) is 7.76. The Bertz CT molecular complexity index is 611. The Morgan fingerprint density at radius 3 is 2.87 bits per heavy atom. The summed E-state index contributed by atoms with van der Waals surface area (Å²) in [6.07, 6.45) is 2.74. The van der Waals surface area contributed by atoms with Crippen molar-refractivity contribution >= 4 is 5.91 Å². The summed E-state index contributed by atoms with van der Waals surface area (Å²) in [6.45, 7) is 3.32. The summed E-state index contributed by atoms with van der Waals surface area (Å²) in [5.74, 6) is 0.0533. The molecule has 0 spiro atoms. The zero-order valence-corrected chi connectivity index (χ0v) is 13.9. The number of aromatic nitrogens is 4. The molecule has 1 aromatic carbocycles. The quantitative estimate of drug-likeness (QED) is 0.791. The van der Waals surface area contributed by atoms with Crippen molar-refractivity contribution in [1.82, 2.24) is 30.4 Å². The van der Waals surface area contributed by atoms with Crippen molar-refractivity contribution in [3.8, 4) is 0 Å². The fourth-order valence-electron chi connectivity index (χ4n) is 2.46. The van der Waals surface area contributed by atoms with Gasteiger partial charge >= 0.3 is 0 Å². The highest BCUT2D eigenvalue weighted by Gasteiger charge is 2.15. The van der Waals surface area contributed by atoms with Gasteiger partial charge in [-0.25, -0.2) is 4.68 Å². The summed E-state index contributed by atoms with van der Waals surface area (Å²) in [6, 6.07) is 8.55. The smallest absolute Gasteiger partial charge is 0.220 e. The molecule has 0 aliphatic heterocycles. The highest BCUT2D eigenvalue weighted by atomic mass is 16.1. The number of hydrogen-bond donors (Lipinski definition) is 1. The lowest BCUT2D eigenvalue weighted by molar-refractivity contribution is -0.121. The Hall–Kier alpha value is -2.28. The molecule has 2 rings (SSSR count). The van der Waals surface area contributed by atoms with E-state index >= 15 is 0 Å². The minimum absolute atomic E-state index is 0.0533. The number of nitrogens with one attached hydrogen (secondary N) is 1. The maximum Gasteiger partial charge on any atom is 0.220 e. The number of carbonyl (C=O) groups excluding carboxylic acids is 1. The third kappa shape index (κ3) is 5.45. The molecule has 0 aliphatic rings. The molecular formula is C16H24N6O. The zero-order chi connectivity index (χ0) is 16.7. The van der Waals surface area contributed by atoms with E-state index in [0.29, 0.717) is 25.9 Å². The molecule has 1 N–H and O–H groups in total. The van der Waals surface area contributed by atoms with Crippen molar-refractivity contribution in [2.24, 2.45) is 0 Å². The predicted octanol–water partition coefficient (Wildman–Crippen LogP) is 1.18. The molecular weight excluding hydrogens is 292 g/mol. The first-order valence-corrected chi connectivity index (χ1v) is 7.76. The minimum atomic E-state index is 0.0533. The fraction of sp³-hybridized carbons (Fsp3) is 0.500. The zero-order valence-electron chi connectivity index (χ0n) is 13.9. The second-order valence-electron chi connectivity index (χ2n) is 5.87. The number of benzene rings is 1. The number of nitrogens with zero attached hydrogens (tertiary/aromatic N) is 5. The van der Waals surface area contributed by atoms with Crippen LogP contribution < -0.4 is 5.32 Å². The average Bonchev–Trinajstić information content (AvgIpc) is 3.00. The van der Waals surface area contributed by atoms with E-state index in [1.165, 1.54) is 11.1 Å². The molecule has 1 aromatic heterocycles. The molecule has 0 saturated carbocycles. The van der Waals surface area contributed by atoms with E-state index in [-0.39, 0.29) is 11.9 Å². The molecule has 7 heteroatoms. The lowest BCUT2D eigenvalue weighted by atomic mass is 10.0. The van der Waals surface area contributed by atoms with Crippen LogP contribution in [-0.4, -0.2) is 51.7 Å². The van der Waals surface area contributed by atoms with E-state index in [1.54, 1.807) is 11.0 Å². The molecule has 0 aliphatic carbocycles. The maximum absolute atomic E-state index is 12.0. The third-order valence-corrected chi connectivity index (χ3v) is 3.73. The molecule has 0 radical (unpaired) electrons. The third-order valence-electron chi connectivity index (χ3n) is 3.73. The predicted molar refractivity (Wildman–Crippen MR) is 87.7 cm³/mol. The number of hydrogen-bond acceptors (Lipinski definition) is 5. The van der Waals surface area contributed by atoms with Gasteiger partial charge in [0.05, 0.1) is 6.04 Å². The van der Waals surface area contributed by atoms with Gasteiger partial charge in [0.15, 0.2) is 0 Å². The van der Waals surface area contributed by atoms with Crippen LogP contribution in [0.3, 0.4) is 0 Å². The van der Waals surface area contributed by atoms with Crippen LogP contribution in [0.4, 0.5) is 0 Å². The van der Waals surface area contributed by atoms with Crippen LogP contribution in [-0.2, 0) is 11.3 Å². The van der Waals surface area contributed by atoms with E-state index in [4.69, 9.17) is 0 Å². The molecule has 23 heavy (non-hydrogen) atoms. The molecule has 1 atom stereocenters. The Morgan fingerprint density at radius 1 is 1.39 bits per heavy atom. The standard InChI is InChI=1S/C16H24N6O/c1-13-6-4-7-14(10-13)15(21(2)3)11-17-16(23)8-5-9-22-12-18-19-20-22/h4,6-7,10,12,15H,5,8-9,11H2,1-3H3,(H,17,23)/t15-/m0/s1. The summed E-state index contributed by atoms with van der Waals surface area (Å²) in [7, 11) is 4.05. The largest absolute Gasteiger partial charge is 0.354 e. The SMILES string of the molecule is Cc1cccc([C@H](CNC(=O)CCCn2cnnn2)N(C)C)c1. The van der Waals surface area contributed by atoms with E-state index in [9.17, 15) is 4.79 Å². The lowest BCUT2D eigenvalue weighted by Gasteiger charge is -2.25. The van der Waals surface area contributed by atoms with Crippen LogP contribution in [0.25, 0.3) is 0 Å². The first kappa shape index (κ1) is 17.1. The Kier molecular flexibility index (Phi) is 6.22. The van der Waals surface area contributed by atoms with E-state index in [2.05, 4.69) is 56.9 Å². The molecule has 124 valence electrons. The van der Waals surface area contributed by atoms with Crippen molar-refractivity contribution in [3.63, 3.8) is 0 Å². The van der Waals surface area contributed by atoms with Gasteiger partial charge in [-0.05, 0) is 43.4 Å². The van der Waals surface area contributed by atoms with Gasteiger partial charge in [-0.15, -0.1) is 5.10 Å². The van der Waals surface area contributed by atoms with Crippen LogP contribution >= 0.6 is 0 Å². The Balaban J connectivity index is 1.80. The van der Waals surface area contributed by atoms with Crippen LogP contribution in [0, 0.1) is 6.92 Å². The number of likely N-dealkylation sites (N-methyl/N-ethyl adjacent to an activating group) is 1. The van der Waals surface area contributed by atoms with Gasteiger partial charge in [0, 0.05) is 19.5 Å². The average molecular weight is 316 g/mol. The van der Waals surface area contributed by atoms with Crippen molar-refractivity contribution in [1.29, 1.82) is 0 Å². The first-order chi connectivity index (χ1) is 11.1. The number of rotatable bonds is 8. The summed E-state index contributed by atoms with van der Waals surface area (Å²) in [5.41, 5.74) is 2.44. The second-order valence-corrected chi connectivity index (χ2v) is 5.87. The van der Waals surface area contributed by atoms with E-state index < -0.39 is 0 Å². The number of amides is 1. The number of tetrazole rings is 1. The van der Waals surface area contributed by atoms with Crippen molar-refractivity contribution in [2.45, 2.75) is 32.4 Å².